The van der Waals surface area contributed by atoms with E-state index in [4.69, 9.17) is 0 Å². The van der Waals surface area contributed by atoms with E-state index in [1.165, 1.54) is 25.7 Å². The fourth-order valence-corrected chi connectivity index (χ4v) is 3.15. The number of carbonyl (C=O) groups excluding carboxylic acids is 1. The van der Waals surface area contributed by atoms with E-state index in [9.17, 15) is 4.79 Å². The number of hydrogen-bond acceptors (Lipinski definition) is 3. The van der Waals surface area contributed by atoms with Crippen LogP contribution in [0.4, 0.5) is 0 Å². The molecule has 2 fully saturated rings. The molecule has 1 atom stereocenters. The van der Waals surface area contributed by atoms with Gasteiger partial charge in [0.05, 0.1) is 6.04 Å². The molecule has 0 unspecified atom stereocenters. The summed E-state index contributed by atoms with van der Waals surface area (Å²) in [5, 5.41) is 3.11. The van der Waals surface area contributed by atoms with E-state index in [1.807, 2.05) is 17.8 Å². The van der Waals surface area contributed by atoms with Gasteiger partial charge < -0.3 is 9.88 Å². The number of nitrogens with one attached hydrogen (secondary N) is 1. The van der Waals surface area contributed by atoms with Crippen molar-refractivity contribution >= 4 is 5.91 Å². The lowest BCUT2D eigenvalue weighted by atomic mass is 10.1. The van der Waals surface area contributed by atoms with Crippen LogP contribution in [-0.4, -0.2) is 46.0 Å². The fraction of sp³-hybridized carbons (Fsp3) is 0.733. The van der Waals surface area contributed by atoms with Crippen LogP contribution >= 0.6 is 0 Å². The molecule has 1 saturated heterocycles. The summed E-state index contributed by atoms with van der Waals surface area (Å²) in [5.41, 5.74) is 0. The van der Waals surface area contributed by atoms with Crippen molar-refractivity contribution in [1.82, 2.24) is 19.8 Å². The lowest BCUT2D eigenvalue weighted by Gasteiger charge is -2.26. The Morgan fingerprint density at radius 1 is 1.45 bits per heavy atom. The van der Waals surface area contributed by atoms with Crippen LogP contribution in [0, 0.1) is 5.92 Å². The fourth-order valence-electron chi connectivity index (χ4n) is 3.15. The SMILES string of the molecule is Cn1ccnc1CCNC(=O)[C@@H](C1CC1)N1CCCC1. The minimum atomic E-state index is 0.124. The maximum Gasteiger partial charge on any atom is 0.237 e. The predicted molar refractivity (Wildman–Crippen MR) is 77.2 cm³/mol. The first-order valence-corrected chi connectivity index (χ1v) is 7.73. The molecule has 1 aliphatic heterocycles. The van der Waals surface area contributed by atoms with Gasteiger partial charge in [-0.05, 0) is 44.7 Å². The average molecular weight is 276 g/mol. The Bertz CT molecular complexity index is 460. The molecule has 0 bridgehead atoms. The van der Waals surface area contributed by atoms with E-state index >= 15 is 0 Å². The highest BCUT2D eigenvalue weighted by Crippen LogP contribution is 2.36. The Balaban J connectivity index is 1.50. The van der Waals surface area contributed by atoms with Gasteiger partial charge in [0.2, 0.25) is 5.91 Å². The summed E-state index contributed by atoms with van der Waals surface area (Å²) < 4.78 is 2.00. The quantitative estimate of drug-likeness (QED) is 0.842. The van der Waals surface area contributed by atoms with E-state index in [0.717, 1.165) is 25.3 Å². The van der Waals surface area contributed by atoms with Crippen molar-refractivity contribution in [3.63, 3.8) is 0 Å². The molecule has 1 aromatic rings. The molecule has 3 rings (SSSR count). The first-order valence-electron chi connectivity index (χ1n) is 7.73. The summed E-state index contributed by atoms with van der Waals surface area (Å²) in [6, 6.07) is 0.124. The molecule has 1 saturated carbocycles. The van der Waals surface area contributed by atoms with Crippen molar-refractivity contribution in [2.75, 3.05) is 19.6 Å². The summed E-state index contributed by atoms with van der Waals surface area (Å²) in [7, 11) is 1.99. The predicted octanol–water partition coefficient (Wildman–Crippen LogP) is 0.953. The molecule has 0 spiro atoms. The topological polar surface area (TPSA) is 50.2 Å². The average Bonchev–Trinajstić information content (AvgIpc) is 2.94. The minimum absolute atomic E-state index is 0.124. The van der Waals surface area contributed by atoms with Gasteiger partial charge in [-0.3, -0.25) is 9.69 Å². The monoisotopic (exact) mass is 276 g/mol. The van der Waals surface area contributed by atoms with Crippen LogP contribution in [0.5, 0.6) is 0 Å². The molecule has 5 heteroatoms. The van der Waals surface area contributed by atoms with Gasteiger partial charge in [-0.15, -0.1) is 0 Å². The molecule has 2 aliphatic rings. The van der Waals surface area contributed by atoms with Crippen LogP contribution < -0.4 is 5.32 Å². The summed E-state index contributed by atoms with van der Waals surface area (Å²) in [5.74, 6) is 1.85. The molecule has 1 amide bonds. The molecule has 20 heavy (non-hydrogen) atoms. The zero-order valence-corrected chi connectivity index (χ0v) is 12.2. The number of likely N-dealkylation sites (tertiary alicyclic amines) is 1. The zero-order valence-electron chi connectivity index (χ0n) is 12.2. The number of amides is 1. The largest absolute Gasteiger partial charge is 0.354 e. The number of hydrogen-bond donors (Lipinski definition) is 1. The van der Waals surface area contributed by atoms with Crippen molar-refractivity contribution in [1.29, 1.82) is 0 Å². The zero-order chi connectivity index (χ0) is 13.9. The normalized spacial score (nSPS) is 21.1. The Morgan fingerprint density at radius 3 is 2.80 bits per heavy atom. The van der Waals surface area contributed by atoms with E-state index in [1.54, 1.807) is 6.20 Å². The van der Waals surface area contributed by atoms with Crippen molar-refractivity contribution in [2.45, 2.75) is 38.1 Å². The van der Waals surface area contributed by atoms with Gasteiger partial charge in [-0.25, -0.2) is 4.98 Å². The third-order valence-corrected chi connectivity index (χ3v) is 4.44. The highest BCUT2D eigenvalue weighted by Gasteiger charge is 2.40. The van der Waals surface area contributed by atoms with Crippen LogP contribution in [-0.2, 0) is 18.3 Å². The Morgan fingerprint density at radius 2 is 2.20 bits per heavy atom. The van der Waals surface area contributed by atoms with E-state index in [-0.39, 0.29) is 11.9 Å². The standard InChI is InChI=1S/C15H24N4O/c1-18-11-8-16-13(18)6-7-17-15(20)14(12-4-5-12)19-9-2-3-10-19/h8,11-12,14H,2-7,9-10H2,1H3,(H,17,20)/t14-/m1/s1. The highest BCUT2D eigenvalue weighted by molar-refractivity contribution is 5.82. The first kappa shape index (κ1) is 13.6. The van der Waals surface area contributed by atoms with Gasteiger partial charge in [-0.1, -0.05) is 0 Å². The lowest BCUT2D eigenvalue weighted by molar-refractivity contribution is -0.126. The van der Waals surface area contributed by atoms with Crippen LogP contribution in [0.15, 0.2) is 12.4 Å². The van der Waals surface area contributed by atoms with Gasteiger partial charge >= 0.3 is 0 Å². The molecule has 0 radical (unpaired) electrons. The molecule has 1 aliphatic carbocycles. The molecule has 5 nitrogen and oxygen atoms in total. The minimum Gasteiger partial charge on any atom is -0.354 e. The lowest BCUT2D eigenvalue weighted by Crippen LogP contribution is -2.47. The van der Waals surface area contributed by atoms with E-state index < -0.39 is 0 Å². The molecule has 1 aromatic heterocycles. The smallest absolute Gasteiger partial charge is 0.237 e. The van der Waals surface area contributed by atoms with Crippen LogP contribution in [0.25, 0.3) is 0 Å². The summed E-state index contributed by atoms with van der Waals surface area (Å²) in [6.07, 6.45) is 9.45. The summed E-state index contributed by atoms with van der Waals surface area (Å²) in [6.45, 7) is 2.86. The van der Waals surface area contributed by atoms with E-state index in [2.05, 4.69) is 15.2 Å². The third kappa shape index (κ3) is 3.03. The second-order valence-electron chi connectivity index (χ2n) is 6.02. The number of nitrogens with zero attached hydrogens (tertiary/aromatic N) is 3. The Kier molecular flexibility index (Phi) is 4.05. The molecular weight excluding hydrogens is 252 g/mol. The van der Waals surface area contributed by atoms with Gasteiger partial charge in [0.15, 0.2) is 0 Å². The number of rotatable bonds is 6. The van der Waals surface area contributed by atoms with Gasteiger partial charge in [-0.2, -0.15) is 0 Å². The van der Waals surface area contributed by atoms with Gasteiger partial charge in [0, 0.05) is 32.4 Å². The second-order valence-corrected chi connectivity index (χ2v) is 6.02. The third-order valence-electron chi connectivity index (χ3n) is 4.44. The van der Waals surface area contributed by atoms with Crippen molar-refractivity contribution in [2.24, 2.45) is 13.0 Å². The number of imidazole rings is 1. The Hall–Kier alpha value is -1.36. The summed E-state index contributed by atoms with van der Waals surface area (Å²) in [4.78, 5) is 19.1. The van der Waals surface area contributed by atoms with E-state index in [0.29, 0.717) is 12.5 Å². The van der Waals surface area contributed by atoms with Crippen LogP contribution in [0.3, 0.4) is 0 Å². The Labute approximate surface area is 120 Å². The second kappa shape index (κ2) is 5.95. The van der Waals surface area contributed by atoms with Crippen LogP contribution in [0.1, 0.15) is 31.5 Å². The maximum absolute atomic E-state index is 12.4. The van der Waals surface area contributed by atoms with Crippen LogP contribution in [0.2, 0.25) is 0 Å². The number of aromatic nitrogens is 2. The van der Waals surface area contributed by atoms with Gasteiger partial charge in [0.1, 0.15) is 5.82 Å². The molecule has 110 valence electrons. The molecular formula is C15H24N4O. The van der Waals surface area contributed by atoms with Crippen molar-refractivity contribution < 1.29 is 4.79 Å². The van der Waals surface area contributed by atoms with Gasteiger partial charge in [0.25, 0.3) is 0 Å². The molecule has 2 heterocycles. The molecule has 0 aromatic carbocycles. The highest BCUT2D eigenvalue weighted by atomic mass is 16.2. The number of carbonyl (C=O) groups is 1. The van der Waals surface area contributed by atoms with Crippen molar-refractivity contribution in [3.05, 3.63) is 18.2 Å². The van der Waals surface area contributed by atoms with Crippen molar-refractivity contribution in [3.8, 4) is 0 Å². The molecule has 1 N–H and O–H groups in total. The first-order chi connectivity index (χ1) is 9.75. The maximum atomic E-state index is 12.4. The number of aryl methyl sites for hydroxylation is 1. The summed E-state index contributed by atoms with van der Waals surface area (Å²) >= 11 is 0.